The van der Waals surface area contributed by atoms with Gasteiger partial charge in [0, 0.05) is 6.42 Å². The zero-order chi connectivity index (χ0) is 6.41. The molecule has 8 heavy (non-hydrogen) atoms. The molecule has 0 saturated heterocycles. The van der Waals surface area contributed by atoms with E-state index >= 15 is 0 Å². The van der Waals surface area contributed by atoms with Crippen molar-refractivity contribution in [3.8, 4) is 0 Å². The van der Waals surface area contributed by atoms with Crippen molar-refractivity contribution in [3.05, 3.63) is 12.7 Å². The molecule has 0 spiro atoms. The normalized spacial score (nSPS) is 12.6. The van der Waals surface area contributed by atoms with E-state index in [1.807, 2.05) is 6.08 Å². The number of carbonyl (C=O) groups is 1. The molecule has 0 aliphatic heterocycles. The third-order valence-electron chi connectivity index (χ3n) is 1.14. The maximum atomic E-state index is 9.79. The third kappa shape index (κ3) is 3.59. The van der Waals surface area contributed by atoms with Crippen LogP contribution in [0, 0.1) is 5.92 Å². The van der Waals surface area contributed by atoms with Gasteiger partial charge >= 0.3 is 0 Å². The van der Waals surface area contributed by atoms with Gasteiger partial charge in [-0.05, 0) is 12.3 Å². The second-order valence-corrected chi connectivity index (χ2v) is 1.96. The first-order valence-corrected chi connectivity index (χ1v) is 2.87. The summed E-state index contributed by atoms with van der Waals surface area (Å²) in [5.74, 6) is 0.486. The summed E-state index contributed by atoms with van der Waals surface area (Å²) >= 11 is 0. The van der Waals surface area contributed by atoms with E-state index in [0.29, 0.717) is 12.3 Å². The van der Waals surface area contributed by atoms with Gasteiger partial charge in [-0.15, -0.1) is 6.58 Å². The molecule has 0 aliphatic carbocycles. The molecule has 0 amide bonds. The molecule has 0 radical (unpaired) electrons. The highest BCUT2D eigenvalue weighted by molar-refractivity contribution is 5.49. The Bertz CT molecular complexity index is 76.5. The van der Waals surface area contributed by atoms with Crippen LogP contribution in [-0.2, 0) is 4.79 Å². The van der Waals surface area contributed by atoms with Gasteiger partial charge in [-0.2, -0.15) is 0 Å². The Balaban J connectivity index is 3.09. The van der Waals surface area contributed by atoms with E-state index in [-0.39, 0.29) is 0 Å². The monoisotopic (exact) mass is 112 g/mol. The van der Waals surface area contributed by atoms with Crippen LogP contribution in [0.5, 0.6) is 0 Å². The molecule has 0 bridgehead atoms. The van der Waals surface area contributed by atoms with Gasteiger partial charge < -0.3 is 4.79 Å². The standard InChI is InChI=1S/C7H12O/c1-3-7(2)5-4-6-8/h3,6-7H,1,4-5H2,2H3. The summed E-state index contributed by atoms with van der Waals surface area (Å²) in [4.78, 5) is 9.79. The van der Waals surface area contributed by atoms with Crippen LogP contribution in [0.2, 0.25) is 0 Å². The molecule has 0 aliphatic rings. The van der Waals surface area contributed by atoms with Gasteiger partial charge in [-0.3, -0.25) is 0 Å². The molecule has 1 nitrogen and oxygen atoms in total. The van der Waals surface area contributed by atoms with Crippen LogP contribution < -0.4 is 0 Å². The Morgan fingerprint density at radius 3 is 2.75 bits per heavy atom. The van der Waals surface area contributed by atoms with Gasteiger partial charge in [0.2, 0.25) is 0 Å². The molecule has 0 N–H and O–H groups in total. The lowest BCUT2D eigenvalue weighted by atomic mass is 10.1. The molecule has 0 fully saturated rings. The predicted molar refractivity (Wildman–Crippen MR) is 34.7 cm³/mol. The summed E-state index contributed by atoms with van der Waals surface area (Å²) in [7, 11) is 0. The molecule has 0 aromatic rings. The number of aldehydes is 1. The van der Waals surface area contributed by atoms with Gasteiger partial charge in [-0.1, -0.05) is 13.0 Å². The van der Waals surface area contributed by atoms with E-state index in [1.54, 1.807) is 0 Å². The lowest BCUT2D eigenvalue weighted by Crippen LogP contribution is -1.87. The SMILES string of the molecule is C=CC(C)CCC=O. The largest absolute Gasteiger partial charge is 0.303 e. The van der Waals surface area contributed by atoms with Crippen LogP contribution in [0.1, 0.15) is 19.8 Å². The Kier molecular flexibility index (Phi) is 4.23. The van der Waals surface area contributed by atoms with Crippen molar-refractivity contribution in [1.82, 2.24) is 0 Å². The summed E-state index contributed by atoms with van der Waals surface area (Å²) in [5, 5.41) is 0. The topological polar surface area (TPSA) is 17.1 Å². The number of hydrogen-bond acceptors (Lipinski definition) is 1. The van der Waals surface area contributed by atoms with Crippen LogP contribution in [0.15, 0.2) is 12.7 Å². The molecule has 46 valence electrons. The minimum absolute atomic E-state index is 0.486. The minimum atomic E-state index is 0.486. The van der Waals surface area contributed by atoms with Crippen molar-refractivity contribution in [2.45, 2.75) is 19.8 Å². The zero-order valence-electron chi connectivity index (χ0n) is 5.26. The van der Waals surface area contributed by atoms with Crippen molar-refractivity contribution in [3.63, 3.8) is 0 Å². The summed E-state index contributed by atoms with van der Waals surface area (Å²) < 4.78 is 0. The molecule has 0 saturated carbocycles. The highest BCUT2D eigenvalue weighted by atomic mass is 16.1. The van der Waals surface area contributed by atoms with Gasteiger partial charge in [0.25, 0.3) is 0 Å². The maximum absolute atomic E-state index is 9.79. The minimum Gasteiger partial charge on any atom is -0.303 e. The molecule has 1 heteroatoms. The van der Waals surface area contributed by atoms with Crippen molar-refractivity contribution in [2.24, 2.45) is 5.92 Å². The molecule has 0 aromatic heterocycles. The fourth-order valence-electron chi connectivity index (χ4n) is 0.449. The zero-order valence-corrected chi connectivity index (χ0v) is 5.26. The average molecular weight is 112 g/mol. The lowest BCUT2D eigenvalue weighted by Gasteiger charge is -1.98. The van der Waals surface area contributed by atoms with Gasteiger partial charge in [0.15, 0.2) is 0 Å². The summed E-state index contributed by atoms with van der Waals surface area (Å²) in [6.07, 6.45) is 4.41. The van der Waals surface area contributed by atoms with Crippen LogP contribution >= 0.6 is 0 Å². The fourth-order valence-corrected chi connectivity index (χ4v) is 0.449. The number of carbonyl (C=O) groups excluding carboxylic acids is 1. The first kappa shape index (κ1) is 7.41. The fraction of sp³-hybridized carbons (Fsp3) is 0.571. The number of allylic oxidation sites excluding steroid dienone is 1. The molecule has 1 atom stereocenters. The summed E-state index contributed by atoms with van der Waals surface area (Å²) in [6, 6.07) is 0. The van der Waals surface area contributed by atoms with Gasteiger partial charge in [-0.25, -0.2) is 0 Å². The number of hydrogen-bond donors (Lipinski definition) is 0. The maximum Gasteiger partial charge on any atom is 0.120 e. The van der Waals surface area contributed by atoms with E-state index in [1.165, 1.54) is 0 Å². The van der Waals surface area contributed by atoms with Crippen LogP contribution in [0.3, 0.4) is 0 Å². The quantitative estimate of drug-likeness (QED) is 0.400. The van der Waals surface area contributed by atoms with E-state index < -0.39 is 0 Å². The lowest BCUT2D eigenvalue weighted by molar-refractivity contribution is -0.108. The van der Waals surface area contributed by atoms with Crippen molar-refractivity contribution >= 4 is 6.29 Å². The second-order valence-electron chi connectivity index (χ2n) is 1.96. The summed E-state index contributed by atoms with van der Waals surface area (Å²) in [6.45, 7) is 5.65. The first-order chi connectivity index (χ1) is 3.81. The Morgan fingerprint density at radius 2 is 2.38 bits per heavy atom. The smallest absolute Gasteiger partial charge is 0.120 e. The molecule has 0 heterocycles. The average Bonchev–Trinajstić information content (AvgIpc) is 1.83. The Hall–Kier alpha value is -0.590. The number of rotatable bonds is 4. The van der Waals surface area contributed by atoms with Crippen LogP contribution in [0.4, 0.5) is 0 Å². The summed E-state index contributed by atoms with van der Waals surface area (Å²) in [5.41, 5.74) is 0. The predicted octanol–water partition coefficient (Wildman–Crippen LogP) is 1.79. The Labute approximate surface area is 50.4 Å². The molecule has 0 aromatic carbocycles. The third-order valence-corrected chi connectivity index (χ3v) is 1.14. The van der Waals surface area contributed by atoms with Crippen molar-refractivity contribution in [2.75, 3.05) is 0 Å². The van der Waals surface area contributed by atoms with Crippen LogP contribution in [-0.4, -0.2) is 6.29 Å². The van der Waals surface area contributed by atoms with Gasteiger partial charge in [0.1, 0.15) is 6.29 Å². The molecule has 1 unspecified atom stereocenters. The highest BCUT2D eigenvalue weighted by Gasteiger charge is 1.91. The van der Waals surface area contributed by atoms with E-state index in [0.717, 1.165) is 12.7 Å². The van der Waals surface area contributed by atoms with E-state index in [4.69, 9.17) is 0 Å². The van der Waals surface area contributed by atoms with Crippen molar-refractivity contribution in [1.29, 1.82) is 0 Å². The van der Waals surface area contributed by atoms with Crippen LogP contribution in [0.25, 0.3) is 0 Å². The highest BCUT2D eigenvalue weighted by Crippen LogP contribution is 2.02. The van der Waals surface area contributed by atoms with Gasteiger partial charge in [0.05, 0.1) is 0 Å². The molecule has 0 rings (SSSR count). The van der Waals surface area contributed by atoms with E-state index in [9.17, 15) is 4.79 Å². The first-order valence-electron chi connectivity index (χ1n) is 2.87. The van der Waals surface area contributed by atoms with Crippen molar-refractivity contribution < 1.29 is 4.79 Å². The second kappa shape index (κ2) is 4.57. The Morgan fingerprint density at radius 1 is 1.75 bits per heavy atom. The molecular formula is C7H12O. The molecular weight excluding hydrogens is 100 g/mol. The van der Waals surface area contributed by atoms with E-state index in [2.05, 4.69) is 13.5 Å².